The molecule has 1 heteroatoms. The number of quaternary nitrogens is 1. The predicted molar refractivity (Wildman–Crippen MR) is 50.3 cm³/mol. The molecule has 0 aliphatic carbocycles. The van der Waals surface area contributed by atoms with Gasteiger partial charge in [0, 0.05) is 5.92 Å². The van der Waals surface area contributed by atoms with Gasteiger partial charge < -0.3 is 5.73 Å². The summed E-state index contributed by atoms with van der Waals surface area (Å²) in [5.41, 5.74) is 4.70. The fourth-order valence-electron chi connectivity index (χ4n) is 1.98. The largest absolute Gasteiger partial charge is 0.352 e. The lowest BCUT2D eigenvalue weighted by Gasteiger charge is -2.31. The van der Waals surface area contributed by atoms with E-state index in [1.165, 1.54) is 25.7 Å². The van der Waals surface area contributed by atoms with Crippen LogP contribution in [-0.2, 0) is 0 Å². The van der Waals surface area contributed by atoms with Crippen molar-refractivity contribution in [3.63, 3.8) is 0 Å². The van der Waals surface area contributed by atoms with Crippen LogP contribution in [0.2, 0.25) is 0 Å². The summed E-state index contributed by atoms with van der Waals surface area (Å²) in [6.45, 7) is 9.07. The summed E-state index contributed by atoms with van der Waals surface area (Å²) in [4.78, 5) is 0. The van der Waals surface area contributed by atoms with Gasteiger partial charge in [0.25, 0.3) is 0 Å². The van der Waals surface area contributed by atoms with E-state index in [1.807, 2.05) is 0 Å². The normalized spacial score (nSPS) is 12.5. The Morgan fingerprint density at radius 1 is 1.00 bits per heavy atom. The van der Waals surface area contributed by atoms with E-state index in [4.69, 9.17) is 0 Å². The Hall–Kier alpha value is -0.0400. The summed E-state index contributed by atoms with van der Waals surface area (Å²) in [7, 11) is 0. The van der Waals surface area contributed by atoms with Gasteiger partial charge in [0.2, 0.25) is 0 Å². The molecule has 0 aromatic rings. The van der Waals surface area contributed by atoms with Crippen molar-refractivity contribution in [2.75, 3.05) is 0 Å². The summed E-state index contributed by atoms with van der Waals surface area (Å²) < 4.78 is 0. The van der Waals surface area contributed by atoms with Crippen molar-refractivity contribution in [2.45, 2.75) is 58.9 Å². The van der Waals surface area contributed by atoms with Crippen LogP contribution in [0.4, 0.5) is 0 Å². The van der Waals surface area contributed by atoms with Crippen LogP contribution in [0, 0.1) is 5.92 Å². The second-order valence-electron chi connectivity index (χ2n) is 3.58. The molecular formula is C10H24N+. The number of hydrogen-bond acceptors (Lipinski definition) is 0. The molecule has 0 saturated heterocycles. The smallest absolute Gasteiger partial charge is 0.0968 e. The van der Waals surface area contributed by atoms with E-state index in [9.17, 15) is 0 Å². The molecular weight excluding hydrogens is 134 g/mol. The van der Waals surface area contributed by atoms with Crippen LogP contribution in [0.25, 0.3) is 0 Å². The maximum absolute atomic E-state index is 4.35. The quantitative estimate of drug-likeness (QED) is 0.635. The minimum atomic E-state index is 0.351. The van der Waals surface area contributed by atoms with Crippen molar-refractivity contribution in [1.82, 2.24) is 0 Å². The zero-order chi connectivity index (χ0) is 8.91. The summed E-state index contributed by atoms with van der Waals surface area (Å²) in [5.74, 6) is 0.817. The standard InChI is InChI=1S/C10H23N/c1-5-9(6-2)10(11,7-3)8-4/h9H,5-8,11H2,1-4H3/p+1. The molecule has 3 N–H and O–H groups in total. The van der Waals surface area contributed by atoms with Gasteiger partial charge in [-0.05, 0) is 25.7 Å². The van der Waals surface area contributed by atoms with Gasteiger partial charge in [-0.25, -0.2) is 0 Å². The third kappa shape index (κ3) is 2.48. The van der Waals surface area contributed by atoms with E-state index in [2.05, 4.69) is 33.4 Å². The van der Waals surface area contributed by atoms with E-state index >= 15 is 0 Å². The first-order chi connectivity index (χ1) is 5.14. The maximum Gasteiger partial charge on any atom is 0.0968 e. The molecule has 11 heavy (non-hydrogen) atoms. The lowest BCUT2D eigenvalue weighted by molar-refractivity contribution is -0.495. The molecule has 0 bridgehead atoms. The van der Waals surface area contributed by atoms with Crippen LogP contribution in [0.1, 0.15) is 53.4 Å². The third-order valence-corrected chi connectivity index (χ3v) is 3.26. The molecule has 0 saturated carbocycles. The first kappa shape index (κ1) is 11.0. The van der Waals surface area contributed by atoms with Crippen LogP contribution in [0.3, 0.4) is 0 Å². The Morgan fingerprint density at radius 3 is 1.45 bits per heavy atom. The van der Waals surface area contributed by atoms with Crippen LogP contribution in [0.15, 0.2) is 0 Å². The molecule has 0 aliphatic heterocycles. The average Bonchev–Trinajstić information content (AvgIpc) is 2.06. The van der Waals surface area contributed by atoms with Gasteiger partial charge in [-0.15, -0.1) is 0 Å². The van der Waals surface area contributed by atoms with Crippen LogP contribution < -0.4 is 5.73 Å². The summed E-state index contributed by atoms with van der Waals surface area (Å²) in [5, 5.41) is 0. The highest BCUT2D eigenvalue weighted by atomic mass is 14.7. The molecule has 0 amide bonds. The Balaban J connectivity index is 4.19. The highest BCUT2D eigenvalue weighted by Crippen LogP contribution is 2.25. The van der Waals surface area contributed by atoms with E-state index < -0.39 is 0 Å². The lowest BCUT2D eigenvalue weighted by atomic mass is 9.77. The first-order valence-corrected chi connectivity index (χ1v) is 4.99. The van der Waals surface area contributed by atoms with Crippen LogP contribution in [-0.4, -0.2) is 5.54 Å². The number of rotatable bonds is 5. The molecule has 0 aromatic heterocycles. The molecule has 0 spiro atoms. The van der Waals surface area contributed by atoms with Crippen molar-refractivity contribution in [2.24, 2.45) is 5.92 Å². The number of hydrogen-bond donors (Lipinski definition) is 1. The topological polar surface area (TPSA) is 27.6 Å². The Kier molecular flexibility index (Phi) is 4.74. The van der Waals surface area contributed by atoms with Crippen molar-refractivity contribution in [3.8, 4) is 0 Å². The highest BCUT2D eigenvalue weighted by molar-refractivity contribution is 4.80. The zero-order valence-corrected chi connectivity index (χ0v) is 8.61. The Bertz CT molecular complexity index is 91.0. The third-order valence-electron chi connectivity index (χ3n) is 3.26. The molecule has 0 heterocycles. The lowest BCUT2D eigenvalue weighted by Crippen LogP contribution is -2.75. The molecule has 0 unspecified atom stereocenters. The highest BCUT2D eigenvalue weighted by Gasteiger charge is 2.32. The fraction of sp³-hybridized carbons (Fsp3) is 1.00. The monoisotopic (exact) mass is 158 g/mol. The van der Waals surface area contributed by atoms with Crippen molar-refractivity contribution >= 4 is 0 Å². The average molecular weight is 158 g/mol. The maximum atomic E-state index is 4.35. The molecule has 68 valence electrons. The summed E-state index contributed by atoms with van der Waals surface area (Å²) >= 11 is 0. The first-order valence-electron chi connectivity index (χ1n) is 4.99. The van der Waals surface area contributed by atoms with Gasteiger partial charge in [0.05, 0.1) is 5.54 Å². The van der Waals surface area contributed by atoms with E-state index in [-0.39, 0.29) is 0 Å². The minimum absolute atomic E-state index is 0.351. The summed E-state index contributed by atoms with van der Waals surface area (Å²) in [6, 6.07) is 0. The van der Waals surface area contributed by atoms with Gasteiger partial charge in [0.1, 0.15) is 0 Å². The SMILES string of the molecule is CCC(CC)C([NH3+])(CC)CC. The molecule has 0 aromatic carbocycles. The molecule has 0 aliphatic rings. The molecule has 0 fully saturated rings. The summed E-state index contributed by atoms with van der Waals surface area (Å²) in [6.07, 6.45) is 5.00. The molecule has 0 radical (unpaired) electrons. The fourth-order valence-corrected chi connectivity index (χ4v) is 1.98. The van der Waals surface area contributed by atoms with E-state index in [1.54, 1.807) is 0 Å². The van der Waals surface area contributed by atoms with Gasteiger partial charge in [-0.2, -0.15) is 0 Å². The van der Waals surface area contributed by atoms with Crippen molar-refractivity contribution in [3.05, 3.63) is 0 Å². The van der Waals surface area contributed by atoms with E-state index in [0.29, 0.717) is 5.54 Å². The van der Waals surface area contributed by atoms with Crippen molar-refractivity contribution in [1.29, 1.82) is 0 Å². The Labute approximate surface area is 71.4 Å². The zero-order valence-electron chi connectivity index (χ0n) is 8.61. The van der Waals surface area contributed by atoms with Gasteiger partial charge in [0.15, 0.2) is 0 Å². The molecule has 1 nitrogen and oxygen atoms in total. The molecule has 0 atom stereocenters. The minimum Gasteiger partial charge on any atom is -0.352 e. The predicted octanol–water partition coefficient (Wildman–Crippen LogP) is 2.22. The van der Waals surface area contributed by atoms with Crippen LogP contribution >= 0.6 is 0 Å². The molecule has 0 rings (SSSR count). The second kappa shape index (κ2) is 4.76. The van der Waals surface area contributed by atoms with Crippen LogP contribution in [0.5, 0.6) is 0 Å². The van der Waals surface area contributed by atoms with Gasteiger partial charge >= 0.3 is 0 Å². The van der Waals surface area contributed by atoms with Gasteiger partial charge in [-0.1, -0.05) is 27.7 Å². The van der Waals surface area contributed by atoms with E-state index in [0.717, 1.165) is 5.92 Å². The second-order valence-corrected chi connectivity index (χ2v) is 3.58. The van der Waals surface area contributed by atoms with Crippen molar-refractivity contribution < 1.29 is 5.73 Å². The Morgan fingerprint density at radius 2 is 1.36 bits per heavy atom. The van der Waals surface area contributed by atoms with Gasteiger partial charge in [-0.3, -0.25) is 0 Å².